The molecule has 1 aliphatic heterocycles. The van der Waals surface area contributed by atoms with Crippen LogP contribution in [0.5, 0.6) is 0 Å². The third kappa shape index (κ3) is 8.23. The number of carbonyl (C=O) groups excluding carboxylic acids is 1. The summed E-state index contributed by atoms with van der Waals surface area (Å²) < 4.78 is 0. The van der Waals surface area contributed by atoms with Gasteiger partial charge >= 0.3 is 0 Å². The maximum atomic E-state index is 11.8. The van der Waals surface area contributed by atoms with Gasteiger partial charge in [-0.3, -0.25) is 14.7 Å². The van der Waals surface area contributed by atoms with E-state index in [1.165, 1.54) is 64.5 Å². The SMILES string of the molecule is CCNC(=NCC1(N2CCCCC2)CCCCC1)NCCCC(=O)NC1CC1.I. The Labute approximate surface area is 194 Å². The van der Waals surface area contributed by atoms with Crippen LogP contribution in [0.2, 0.25) is 0 Å². The molecule has 7 heteroatoms. The van der Waals surface area contributed by atoms with Gasteiger partial charge in [0.05, 0.1) is 6.54 Å². The van der Waals surface area contributed by atoms with E-state index in [9.17, 15) is 4.79 Å². The van der Waals surface area contributed by atoms with Crippen LogP contribution in [0.1, 0.15) is 84.0 Å². The lowest BCUT2D eigenvalue weighted by Gasteiger charge is -2.47. The largest absolute Gasteiger partial charge is 0.357 e. The number of nitrogens with one attached hydrogen (secondary N) is 3. The average Bonchev–Trinajstić information content (AvgIpc) is 3.54. The summed E-state index contributed by atoms with van der Waals surface area (Å²) in [6.45, 7) is 7.16. The van der Waals surface area contributed by atoms with Crippen molar-refractivity contribution < 1.29 is 4.79 Å². The molecule has 0 atom stereocenters. The van der Waals surface area contributed by atoms with Crippen LogP contribution in [0.3, 0.4) is 0 Å². The van der Waals surface area contributed by atoms with Crippen molar-refractivity contribution >= 4 is 35.8 Å². The molecule has 1 saturated heterocycles. The van der Waals surface area contributed by atoms with Crippen molar-refractivity contribution in [2.24, 2.45) is 4.99 Å². The Morgan fingerprint density at radius 3 is 2.38 bits per heavy atom. The minimum Gasteiger partial charge on any atom is -0.357 e. The molecule has 1 amide bonds. The van der Waals surface area contributed by atoms with Crippen LogP contribution in [-0.2, 0) is 4.79 Å². The first-order valence-corrected chi connectivity index (χ1v) is 11.8. The maximum Gasteiger partial charge on any atom is 0.220 e. The Morgan fingerprint density at radius 2 is 1.72 bits per heavy atom. The zero-order valence-corrected chi connectivity index (χ0v) is 20.6. The van der Waals surface area contributed by atoms with E-state index in [0.29, 0.717) is 12.5 Å². The highest BCUT2D eigenvalue weighted by Gasteiger charge is 2.38. The lowest BCUT2D eigenvalue weighted by atomic mass is 9.79. The molecule has 3 fully saturated rings. The monoisotopic (exact) mass is 519 g/mol. The van der Waals surface area contributed by atoms with E-state index in [1.807, 2.05) is 0 Å². The van der Waals surface area contributed by atoms with E-state index in [2.05, 4.69) is 27.8 Å². The van der Waals surface area contributed by atoms with Crippen molar-refractivity contribution in [3.8, 4) is 0 Å². The fourth-order valence-electron chi connectivity index (χ4n) is 4.70. The highest BCUT2D eigenvalue weighted by molar-refractivity contribution is 14.0. The van der Waals surface area contributed by atoms with Crippen LogP contribution in [0, 0.1) is 0 Å². The molecule has 0 unspecified atom stereocenters. The van der Waals surface area contributed by atoms with E-state index >= 15 is 0 Å². The van der Waals surface area contributed by atoms with Crippen molar-refractivity contribution in [3.63, 3.8) is 0 Å². The van der Waals surface area contributed by atoms with Crippen LogP contribution < -0.4 is 16.0 Å². The summed E-state index contributed by atoms with van der Waals surface area (Å²) in [5.74, 6) is 1.10. The molecule has 29 heavy (non-hydrogen) atoms. The summed E-state index contributed by atoms with van der Waals surface area (Å²) in [5.41, 5.74) is 0.269. The number of rotatable bonds is 9. The highest BCUT2D eigenvalue weighted by atomic mass is 127. The normalized spacial score (nSPS) is 22.4. The molecule has 0 radical (unpaired) electrons. The minimum absolute atomic E-state index is 0. The van der Waals surface area contributed by atoms with E-state index in [4.69, 9.17) is 4.99 Å². The predicted molar refractivity (Wildman–Crippen MR) is 131 cm³/mol. The van der Waals surface area contributed by atoms with Gasteiger partial charge in [0, 0.05) is 31.1 Å². The first-order valence-electron chi connectivity index (χ1n) is 11.8. The number of halogens is 1. The number of likely N-dealkylation sites (tertiary alicyclic amines) is 1. The summed E-state index contributed by atoms with van der Waals surface area (Å²) >= 11 is 0. The maximum absolute atomic E-state index is 11.8. The predicted octanol–water partition coefficient (Wildman–Crippen LogP) is 3.41. The van der Waals surface area contributed by atoms with Gasteiger partial charge in [0.15, 0.2) is 5.96 Å². The summed E-state index contributed by atoms with van der Waals surface area (Å²) in [7, 11) is 0. The fourth-order valence-corrected chi connectivity index (χ4v) is 4.70. The average molecular weight is 520 g/mol. The van der Waals surface area contributed by atoms with Crippen LogP contribution in [0.25, 0.3) is 0 Å². The lowest BCUT2D eigenvalue weighted by Crippen LogP contribution is -2.54. The van der Waals surface area contributed by atoms with Gasteiger partial charge in [-0.1, -0.05) is 25.7 Å². The molecular formula is C22H42IN5O. The molecule has 1 heterocycles. The first-order chi connectivity index (χ1) is 13.7. The smallest absolute Gasteiger partial charge is 0.220 e. The Hall–Kier alpha value is -0.570. The molecule has 0 aromatic rings. The van der Waals surface area contributed by atoms with Gasteiger partial charge in [-0.05, 0) is 65.0 Å². The number of amides is 1. The van der Waals surface area contributed by atoms with E-state index in [-0.39, 0.29) is 35.4 Å². The molecule has 0 bridgehead atoms. The molecule has 2 saturated carbocycles. The zero-order chi connectivity index (χ0) is 19.7. The second-order valence-electron chi connectivity index (χ2n) is 8.90. The fraction of sp³-hybridized carbons (Fsp3) is 0.909. The molecule has 0 spiro atoms. The number of hydrogen-bond donors (Lipinski definition) is 3. The molecule has 0 aromatic carbocycles. The first kappa shape index (κ1) is 24.7. The van der Waals surface area contributed by atoms with Crippen molar-refractivity contribution in [3.05, 3.63) is 0 Å². The second-order valence-corrected chi connectivity index (χ2v) is 8.90. The van der Waals surface area contributed by atoms with Crippen LogP contribution in [0.4, 0.5) is 0 Å². The minimum atomic E-state index is 0. The standard InChI is InChI=1S/C22H41N5O.HI/c1-2-23-21(24-15-9-10-20(28)26-19-11-12-19)25-18-22(13-5-3-6-14-22)27-16-7-4-8-17-27;/h19H,2-18H2,1H3,(H,26,28)(H2,23,24,25);1H. The quantitative estimate of drug-likeness (QED) is 0.189. The molecule has 2 aliphatic carbocycles. The van der Waals surface area contributed by atoms with Crippen molar-refractivity contribution in [1.82, 2.24) is 20.9 Å². The summed E-state index contributed by atoms with van der Waals surface area (Å²) in [6.07, 6.45) is 14.4. The third-order valence-corrected chi connectivity index (χ3v) is 6.50. The van der Waals surface area contributed by atoms with Crippen LogP contribution in [0.15, 0.2) is 4.99 Å². The molecule has 3 N–H and O–H groups in total. The number of carbonyl (C=O) groups is 1. The summed E-state index contributed by atoms with van der Waals surface area (Å²) in [5, 5.41) is 9.90. The number of piperidine rings is 1. The van der Waals surface area contributed by atoms with Crippen molar-refractivity contribution in [1.29, 1.82) is 0 Å². The molecular weight excluding hydrogens is 477 g/mol. The van der Waals surface area contributed by atoms with E-state index in [0.717, 1.165) is 44.9 Å². The van der Waals surface area contributed by atoms with Gasteiger partial charge in [0.2, 0.25) is 5.91 Å². The lowest BCUT2D eigenvalue weighted by molar-refractivity contribution is -0.121. The zero-order valence-electron chi connectivity index (χ0n) is 18.3. The van der Waals surface area contributed by atoms with E-state index in [1.54, 1.807) is 0 Å². The molecule has 3 aliphatic rings. The van der Waals surface area contributed by atoms with Gasteiger partial charge < -0.3 is 16.0 Å². The van der Waals surface area contributed by atoms with Gasteiger partial charge in [-0.25, -0.2) is 0 Å². The topological polar surface area (TPSA) is 68.8 Å². The molecule has 0 aromatic heterocycles. The van der Waals surface area contributed by atoms with Gasteiger partial charge in [0.25, 0.3) is 0 Å². The van der Waals surface area contributed by atoms with Crippen LogP contribution >= 0.6 is 24.0 Å². The Kier molecular flexibility index (Phi) is 11.0. The van der Waals surface area contributed by atoms with Crippen LogP contribution in [-0.4, -0.2) is 61.1 Å². The number of hydrogen-bond acceptors (Lipinski definition) is 3. The highest BCUT2D eigenvalue weighted by Crippen LogP contribution is 2.35. The van der Waals surface area contributed by atoms with Crippen molar-refractivity contribution in [2.75, 3.05) is 32.7 Å². The summed E-state index contributed by atoms with van der Waals surface area (Å²) in [4.78, 5) is 19.6. The Bertz CT molecular complexity index is 511. The van der Waals surface area contributed by atoms with Gasteiger partial charge in [-0.2, -0.15) is 0 Å². The number of nitrogens with zero attached hydrogens (tertiary/aromatic N) is 2. The molecule has 168 valence electrons. The van der Waals surface area contributed by atoms with Gasteiger partial charge in [-0.15, -0.1) is 24.0 Å². The number of guanidine groups is 1. The van der Waals surface area contributed by atoms with Crippen molar-refractivity contribution in [2.45, 2.75) is 95.6 Å². The van der Waals surface area contributed by atoms with Gasteiger partial charge in [0.1, 0.15) is 0 Å². The Morgan fingerprint density at radius 1 is 1.03 bits per heavy atom. The third-order valence-electron chi connectivity index (χ3n) is 6.50. The molecule has 6 nitrogen and oxygen atoms in total. The van der Waals surface area contributed by atoms with E-state index < -0.39 is 0 Å². The number of aliphatic imine (C=N–C) groups is 1. The molecule has 3 rings (SSSR count). The second kappa shape index (κ2) is 13.0. The Balaban J connectivity index is 0.00000300. The summed E-state index contributed by atoms with van der Waals surface area (Å²) in [6, 6.07) is 0.459.